The number of rotatable bonds is 8. The monoisotopic (exact) mass is 442 g/mol. The van der Waals surface area contributed by atoms with Gasteiger partial charge in [0.2, 0.25) is 0 Å². The highest BCUT2D eigenvalue weighted by molar-refractivity contribution is 14.0. The van der Waals surface area contributed by atoms with Crippen molar-refractivity contribution in [1.82, 2.24) is 10.2 Å². The van der Waals surface area contributed by atoms with Gasteiger partial charge in [-0.3, -0.25) is 0 Å². The van der Waals surface area contributed by atoms with Gasteiger partial charge in [0, 0.05) is 26.7 Å². The van der Waals surface area contributed by atoms with E-state index in [2.05, 4.69) is 16.9 Å². The maximum absolute atomic E-state index is 12.1. The zero-order valence-electron chi connectivity index (χ0n) is 14.8. The number of amides is 1. The van der Waals surface area contributed by atoms with Gasteiger partial charge in [-0.05, 0) is 27.7 Å². The molecule has 0 aromatic heterocycles. The van der Waals surface area contributed by atoms with Crippen LogP contribution in [-0.4, -0.2) is 62.4 Å². The molecule has 0 radical (unpaired) electrons. The van der Waals surface area contributed by atoms with Gasteiger partial charge in [-0.15, -0.1) is 24.0 Å². The number of halogens is 1. The van der Waals surface area contributed by atoms with E-state index in [4.69, 9.17) is 15.2 Å². The molecule has 0 atom stereocenters. The Bertz CT molecular complexity index is 395. The van der Waals surface area contributed by atoms with Crippen LogP contribution in [0, 0.1) is 0 Å². The standard InChI is InChI=1S/C15H30N4O3.HI/c1-12(2)11-18-13(16)17-7-8-19(9-10-21-6)14(20)22-15(3,4)5;/h1,7-11H2,2-6H3,(H3,16,17,18);1H. The minimum atomic E-state index is -0.530. The number of hydrogen-bond donors (Lipinski definition) is 2. The first-order chi connectivity index (χ1) is 10.2. The highest BCUT2D eigenvalue weighted by Gasteiger charge is 2.21. The number of methoxy groups -OCH3 is 1. The van der Waals surface area contributed by atoms with E-state index >= 15 is 0 Å². The summed E-state index contributed by atoms with van der Waals surface area (Å²) < 4.78 is 10.4. The summed E-state index contributed by atoms with van der Waals surface area (Å²) in [6, 6.07) is 0. The van der Waals surface area contributed by atoms with Crippen LogP contribution in [0.1, 0.15) is 27.7 Å². The lowest BCUT2D eigenvalue weighted by Gasteiger charge is -2.27. The average molecular weight is 442 g/mol. The van der Waals surface area contributed by atoms with Crippen LogP contribution in [0.5, 0.6) is 0 Å². The van der Waals surface area contributed by atoms with Crippen molar-refractivity contribution in [2.45, 2.75) is 33.3 Å². The second-order valence-electron chi connectivity index (χ2n) is 6.05. The van der Waals surface area contributed by atoms with E-state index in [1.165, 1.54) is 0 Å². The summed E-state index contributed by atoms with van der Waals surface area (Å²) in [5.41, 5.74) is 6.13. The molecule has 0 spiro atoms. The van der Waals surface area contributed by atoms with Crippen molar-refractivity contribution in [2.24, 2.45) is 10.7 Å². The highest BCUT2D eigenvalue weighted by Crippen LogP contribution is 2.09. The van der Waals surface area contributed by atoms with E-state index in [0.717, 1.165) is 5.57 Å². The highest BCUT2D eigenvalue weighted by atomic mass is 127. The Morgan fingerprint density at radius 2 is 1.96 bits per heavy atom. The van der Waals surface area contributed by atoms with Crippen molar-refractivity contribution in [2.75, 3.05) is 39.9 Å². The molecule has 3 N–H and O–H groups in total. The Hall–Kier alpha value is -1.03. The fourth-order valence-electron chi connectivity index (χ4n) is 1.42. The number of nitrogens with zero attached hydrogens (tertiary/aromatic N) is 2. The summed E-state index contributed by atoms with van der Waals surface area (Å²) >= 11 is 0. The quantitative estimate of drug-likeness (QED) is 0.260. The Labute approximate surface area is 156 Å². The molecule has 7 nitrogen and oxygen atoms in total. The van der Waals surface area contributed by atoms with Crippen molar-refractivity contribution in [3.63, 3.8) is 0 Å². The fourth-order valence-corrected chi connectivity index (χ4v) is 1.42. The van der Waals surface area contributed by atoms with Gasteiger partial charge in [0.05, 0.1) is 13.2 Å². The first kappa shape index (κ1) is 24.2. The molecule has 0 fully saturated rings. The summed E-state index contributed by atoms with van der Waals surface area (Å²) in [6.45, 7) is 13.4. The second-order valence-corrected chi connectivity index (χ2v) is 6.05. The van der Waals surface area contributed by atoms with E-state index in [9.17, 15) is 4.79 Å². The van der Waals surface area contributed by atoms with Crippen molar-refractivity contribution in [3.8, 4) is 0 Å². The largest absolute Gasteiger partial charge is 0.444 e. The van der Waals surface area contributed by atoms with E-state index in [1.807, 2.05) is 27.7 Å². The van der Waals surface area contributed by atoms with Gasteiger partial charge in [0.1, 0.15) is 5.60 Å². The van der Waals surface area contributed by atoms with Crippen molar-refractivity contribution in [3.05, 3.63) is 12.2 Å². The van der Waals surface area contributed by atoms with Gasteiger partial charge < -0.3 is 25.4 Å². The lowest BCUT2D eigenvalue weighted by molar-refractivity contribution is 0.0206. The van der Waals surface area contributed by atoms with E-state index in [1.54, 1.807) is 12.0 Å². The normalized spacial score (nSPS) is 11.4. The van der Waals surface area contributed by atoms with Gasteiger partial charge >= 0.3 is 6.09 Å². The van der Waals surface area contributed by atoms with Crippen LogP contribution in [0.25, 0.3) is 0 Å². The molecule has 0 saturated carbocycles. The van der Waals surface area contributed by atoms with Gasteiger partial charge in [-0.25, -0.2) is 9.79 Å². The fraction of sp³-hybridized carbons (Fsp3) is 0.733. The number of carbonyl (C=O) groups excluding carboxylic acids is 1. The summed E-state index contributed by atoms with van der Waals surface area (Å²) in [7, 11) is 1.59. The Balaban J connectivity index is 0. The molecule has 0 unspecified atom stereocenters. The van der Waals surface area contributed by atoms with Crippen molar-refractivity contribution in [1.29, 1.82) is 0 Å². The molecule has 0 aliphatic rings. The SMILES string of the molecule is C=C(C)CN=C(N)NCCN(CCOC)C(=O)OC(C)(C)C.I. The number of carbonyl (C=O) groups is 1. The van der Waals surface area contributed by atoms with E-state index < -0.39 is 5.60 Å². The Kier molecular flexibility index (Phi) is 13.1. The van der Waals surface area contributed by atoms with Crippen LogP contribution in [0.4, 0.5) is 4.79 Å². The molecule has 0 rings (SSSR count). The number of nitrogens with one attached hydrogen (secondary N) is 1. The molecular formula is C15H31IN4O3. The van der Waals surface area contributed by atoms with Crippen LogP contribution in [0.2, 0.25) is 0 Å². The van der Waals surface area contributed by atoms with E-state index in [-0.39, 0.29) is 30.1 Å². The van der Waals surface area contributed by atoms with Crippen LogP contribution >= 0.6 is 24.0 Å². The molecule has 1 amide bonds. The summed E-state index contributed by atoms with van der Waals surface area (Å²) in [5, 5.41) is 2.96. The molecule has 0 bridgehead atoms. The van der Waals surface area contributed by atoms with Crippen molar-refractivity contribution >= 4 is 36.0 Å². The third kappa shape index (κ3) is 14.3. The smallest absolute Gasteiger partial charge is 0.410 e. The van der Waals surface area contributed by atoms with Crippen molar-refractivity contribution < 1.29 is 14.3 Å². The number of nitrogens with two attached hydrogens (primary N) is 1. The molecule has 0 aliphatic heterocycles. The number of aliphatic imine (C=N–C) groups is 1. The second kappa shape index (κ2) is 12.4. The zero-order chi connectivity index (χ0) is 17.2. The van der Waals surface area contributed by atoms with Gasteiger partial charge in [-0.1, -0.05) is 12.2 Å². The summed E-state index contributed by atoms with van der Waals surface area (Å²) in [6.07, 6.45) is -0.371. The molecule has 0 heterocycles. The van der Waals surface area contributed by atoms with Crippen LogP contribution < -0.4 is 11.1 Å². The number of guanidine groups is 1. The summed E-state index contributed by atoms with van der Waals surface area (Å²) in [5.74, 6) is 0.332. The molecule has 8 heteroatoms. The summed E-state index contributed by atoms with van der Waals surface area (Å²) in [4.78, 5) is 17.8. The van der Waals surface area contributed by atoms with Gasteiger partial charge in [-0.2, -0.15) is 0 Å². The van der Waals surface area contributed by atoms with Crippen LogP contribution in [0.3, 0.4) is 0 Å². The maximum atomic E-state index is 12.1. The molecule has 136 valence electrons. The molecule has 23 heavy (non-hydrogen) atoms. The number of hydrogen-bond acceptors (Lipinski definition) is 4. The molecule has 0 aromatic rings. The minimum absolute atomic E-state index is 0. The zero-order valence-corrected chi connectivity index (χ0v) is 17.2. The molecule has 0 saturated heterocycles. The minimum Gasteiger partial charge on any atom is -0.444 e. The third-order valence-electron chi connectivity index (χ3n) is 2.42. The lowest BCUT2D eigenvalue weighted by atomic mass is 10.2. The lowest BCUT2D eigenvalue weighted by Crippen LogP contribution is -2.44. The number of ether oxygens (including phenoxy) is 2. The third-order valence-corrected chi connectivity index (χ3v) is 2.42. The van der Waals surface area contributed by atoms with Gasteiger partial charge in [0.25, 0.3) is 0 Å². The van der Waals surface area contributed by atoms with E-state index in [0.29, 0.717) is 38.7 Å². The topological polar surface area (TPSA) is 89.2 Å². The molecule has 0 aromatic carbocycles. The van der Waals surface area contributed by atoms with Gasteiger partial charge in [0.15, 0.2) is 5.96 Å². The first-order valence-corrected chi connectivity index (χ1v) is 7.30. The average Bonchev–Trinajstić information content (AvgIpc) is 2.38. The Morgan fingerprint density at radius 3 is 2.43 bits per heavy atom. The first-order valence-electron chi connectivity index (χ1n) is 7.30. The van der Waals surface area contributed by atoms with Crippen LogP contribution in [-0.2, 0) is 9.47 Å². The Morgan fingerprint density at radius 1 is 1.35 bits per heavy atom. The predicted molar refractivity (Wildman–Crippen MR) is 104 cm³/mol. The predicted octanol–water partition coefficient (Wildman–Crippen LogP) is 1.97. The molecular weight excluding hydrogens is 411 g/mol. The maximum Gasteiger partial charge on any atom is 0.410 e. The van der Waals surface area contributed by atoms with Crippen LogP contribution in [0.15, 0.2) is 17.1 Å². The molecule has 0 aliphatic carbocycles.